The first-order chi connectivity index (χ1) is 22.7. The summed E-state index contributed by atoms with van der Waals surface area (Å²) in [6, 6.07) is 58.1. The maximum absolute atomic E-state index is 2.57. The van der Waals surface area contributed by atoms with Gasteiger partial charge in [0.15, 0.2) is 0 Å². The first-order valence-electron chi connectivity index (χ1n) is 15.5. The molecule has 0 fully saturated rings. The predicted octanol–water partition coefficient (Wildman–Crippen LogP) is 13.6. The molecule has 9 rings (SSSR count). The fourth-order valence-electron chi connectivity index (χ4n) is 7.34. The van der Waals surface area contributed by atoms with E-state index < -0.39 is 0 Å². The third-order valence-corrected chi connectivity index (χ3v) is 11.2. The van der Waals surface area contributed by atoms with Crippen molar-refractivity contribution in [1.82, 2.24) is 0 Å². The lowest BCUT2D eigenvalue weighted by Crippen LogP contribution is -1.96. The maximum Gasteiger partial charge on any atom is 0.0215 e. The van der Waals surface area contributed by atoms with E-state index in [1.54, 1.807) is 0 Å². The highest BCUT2D eigenvalue weighted by Crippen LogP contribution is 2.50. The number of rotatable bonds is 4. The van der Waals surface area contributed by atoms with Gasteiger partial charge in [-0.1, -0.05) is 140 Å². The predicted molar refractivity (Wildman–Crippen MR) is 215 cm³/mol. The molecule has 0 atom stereocenters. The summed E-state index contributed by atoms with van der Waals surface area (Å²) in [5.74, 6) is 0. The van der Waals surface area contributed by atoms with Crippen LogP contribution in [0.25, 0.3) is 87.6 Å². The van der Waals surface area contributed by atoms with Crippen LogP contribution in [-0.2, 0) is 0 Å². The third kappa shape index (κ3) is 4.38. The van der Waals surface area contributed by atoms with Gasteiger partial charge in [-0.05, 0) is 151 Å². The summed E-state index contributed by atoms with van der Waals surface area (Å²) in [4.78, 5) is 0. The van der Waals surface area contributed by atoms with E-state index in [1.165, 1.54) is 94.7 Å². The van der Waals surface area contributed by atoms with Crippen molar-refractivity contribution in [1.29, 1.82) is 0 Å². The smallest absolute Gasteiger partial charge is 0.0215 e. The minimum atomic E-state index is 1.22. The van der Waals surface area contributed by atoms with Crippen LogP contribution in [-0.4, -0.2) is 0 Å². The summed E-state index contributed by atoms with van der Waals surface area (Å²) in [6.07, 6.45) is 0. The molecule has 0 unspecified atom stereocenters. The van der Waals surface area contributed by atoms with Gasteiger partial charge >= 0.3 is 0 Å². The molecular formula is C44H26I2. The van der Waals surface area contributed by atoms with Crippen LogP contribution in [0.2, 0.25) is 0 Å². The highest BCUT2D eigenvalue weighted by molar-refractivity contribution is 14.1. The van der Waals surface area contributed by atoms with Crippen molar-refractivity contribution in [2.24, 2.45) is 0 Å². The number of benzene rings is 9. The zero-order valence-electron chi connectivity index (χ0n) is 24.8. The van der Waals surface area contributed by atoms with Gasteiger partial charge < -0.3 is 0 Å². The van der Waals surface area contributed by atoms with E-state index in [2.05, 4.69) is 203 Å². The van der Waals surface area contributed by atoms with Crippen LogP contribution >= 0.6 is 45.2 Å². The van der Waals surface area contributed by atoms with Gasteiger partial charge in [0.05, 0.1) is 0 Å². The largest absolute Gasteiger partial charge is 0.0622 e. The molecule has 2 heteroatoms. The van der Waals surface area contributed by atoms with E-state index in [9.17, 15) is 0 Å². The molecular weight excluding hydrogens is 782 g/mol. The molecule has 9 aromatic carbocycles. The van der Waals surface area contributed by atoms with E-state index in [-0.39, 0.29) is 0 Å². The van der Waals surface area contributed by atoms with Crippen LogP contribution in [0.1, 0.15) is 0 Å². The fourth-order valence-corrected chi connectivity index (χ4v) is 8.73. The Bertz CT molecular complexity index is 2570. The zero-order chi connectivity index (χ0) is 30.8. The molecule has 0 saturated heterocycles. The van der Waals surface area contributed by atoms with Crippen molar-refractivity contribution in [3.05, 3.63) is 165 Å². The maximum atomic E-state index is 2.57. The van der Waals surface area contributed by atoms with Gasteiger partial charge in [0.2, 0.25) is 0 Å². The molecule has 0 bridgehead atoms. The minimum Gasteiger partial charge on any atom is -0.0622 e. The SMILES string of the molecule is Ic1ccc2c3c(-c4ccccc4)ccc4c(I)cc(-c5cc(-c6ccccc6)ccc5-c5ccccc5)c(c5cccc1c25)c43. The summed E-state index contributed by atoms with van der Waals surface area (Å²) < 4.78 is 2.54. The lowest BCUT2D eigenvalue weighted by atomic mass is 9.82. The van der Waals surface area contributed by atoms with Gasteiger partial charge in [0, 0.05) is 7.14 Å². The standard InChI is InChI=1S/C44H26I2/c45-39-24-23-36-41-33(39)17-10-18-35(41)43-38(26-40(46)34-22-21-32(42(36)44(34)43)29-15-8-3-9-16-29)37-25-30(27-11-4-1-5-12-27)19-20-31(37)28-13-6-2-7-14-28/h1-26H. The Kier molecular flexibility index (Phi) is 6.83. The highest BCUT2D eigenvalue weighted by Gasteiger charge is 2.23. The lowest BCUT2D eigenvalue weighted by molar-refractivity contribution is 1.57. The van der Waals surface area contributed by atoms with Crippen LogP contribution in [0, 0.1) is 7.14 Å². The van der Waals surface area contributed by atoms with E-state index >= 15 is 0 Å². The van der Waals surface area contributed by atoms with Crippen molar-refractivity contribution >= 4 is 88.3 Å². The molecule has 0 aromatic heterocycles. The number of hydrogen-bond acceptors (Lipinski definition) is 0. The Hall–Kier alpha value is -4.26. The third-order valence-electron chi connectivity index (χ3n) is 9.37. The fraction of sp³-hybridized carbons (Fsp3) is 0. The Morgan fingerprint density at radius 3 is 1.52 bits per heavy atom. The number of fused-ring (bicyclic) bond motifs is 2. The molecule has 9 aromatic rings. The Morgan fingerprint density at radius 1 is 0.261 bits per heavy atom. The van der Waals surface area contributed by atoms with Crippen molar-refractivity contribution in [2.75, 3.05) is 0 Å². The van der Waals surface area contributed by atoms with Crippen molar-refractivity contribution in [2.45, 2.75) is 0 Å². The van der Waals surface area contributed by atoms with Gasteiger partial charge in [0.25, 0.3) is 0 Å². The van der Waals surface area contributed by atoms with Crippen LogP contribution in [0.5, 0.6) is 0 Å². The zero-order valence-corrected chi connectivity index (χ0v) is 29.1. The summed E-state index contributed by atoms with van der Waals surface area (Å²) in [5.41, 5.74) is 9.96. The van der Waals surface area contributed by atoms with Crippen LogP contribution in [0.3, 0.4) is 0 Å². The summed E-state index contributed by atoms with van der Waals surface area (Å²) in [5, 5.41) is 10.6. The normalized spacial score (nSPS) is 11.7. The van der Waals surface area contributed by atoms with Gasteiger partial charge in [-0.3, -0.25) is 0 Å². The van der Waals surface area contributed by atoms with Crippen molar-refractivity contribution in [3.8, 4) is 44.5 Å². The molecule has 0 N–H and O–H groups in total. The van der Waals surface area contributed by atoms with E-state index in [4.69, 9.17) is 0 Å². The van der Waals surface area contributed by atoms with Crippen LogP contribution in [0.4, 0.5) is 0 Å². The second-order valence-corrected chi connectivity index (χ2v) is 14.2. The quantitative estimate of drug-likeness (QED) is 0.0944. The average molecular weight is 808 g/mol. The molecule has 0 heterocycles. The molecule has 0 spiro atoms. The lowest BCUT2D eigenvalue weighted by Gasteiger charge is -2.22. The number of halogens is 2. The monoisotopic (exact) mass is 808 g/mol. The van der Waals surface area contributed by atoms with Gasteiger partial charge in [-0.2, -0.15) is 0 Å². The van der Waals surface area contributed by atoms with Gasteiger partial charge in [-0.15, -0.1) is 0 Å². The van der Waals surface area contributed by atoms with Gasteiger partial charge in [-0.25, -0.2) is 0 Å². The van der Waals surface area contributed by atoms with Crippen molar-refractivity contribution in [3.63, 3.8) is 0 Å². The van der Waals surface area contributed by atoms with E-state index in [0.29, 0.717) is 0 Å². The molecule has 0 aliphatic heterocycles. The molecule has 0 amide bonds. The van der Waals surface area contributed by atoms with Crippen LogP contribution < -0.4 is 0 Å². The van der Waals surface area contributed by atoms with E-state index in [0.717, 1.165) is 0 Å². The topological polar surface area (TPSA) is 0 Å². The van der Waals surface area contributed by atoms with E-state index in [1.807, 2.05) is 0 Å². The summed E-state index contributed by atoms with van der Waals surface area (Å²) >= 11 is 5.07. The molecule has 0 aliphatic rings. The number of hydrogen-bond donors (Lipinski definition) is 0. The molecule has 46 heavy (non-hydrogen) atoms. The Labute approximate surface area is 295 Å². The molecule has 0 aliphatic carbocycles. The Morgan fingerprint density at radius 2 is 0.804 bits per heavy atom. The van der Waals surface area contributed by atoms with Crippen molar-refractivity contribution < 1.29 is 0 Å². The first kappa shape index (κ1) is 28.0. The summed E-state index contributed by atoms with van der Waals surface area (Å²) in [7, 11) is 0. The second-order valence-electron chi connectivity index (χ2n) is 11.9. The second kappa shape index (κ2) is 11.2. The minimum absolute atomic E-state index is 1.22. The molecule has 0 radical (unpaired) electrons. The summed E-state index contributed by atoms with van der Waals surface area (Å²) in [6.45, 7) is 0. The Balaban J connectivity index is 1.52. The molecule has 0 nitrogen and oxygen atoms in total. The van der Waals surface area contributed by atoms with Gasteiger partial charge in [0.1, 0.15) is 0 Å². The molecule has 0 saturated carbocycles. The first-order valence-corrected chi connectivity index (χ1v) is 17.6. The van der Waals surface area contributed by atoms with Crippen LogP contribution in [0.15, 0.2) is 158 Å². The molecule has 216 valence electrons. The average Bonchev–Trinajstić information content (AvgIpc) is 3.12. The highest BCUT2D eigenvalue weighted by atomic mass is 127.